The van der Waals surface area contributed by atoms with Gasteiger partial charge in [0.2, 0.25) is 5.91 Å². The monoisotopic (exact) mass is 466 g/mol. The Morgan fingerprint density at radius 3 is 2.55 bits per heavy atom. The number of aromatic nitrogens is 3. The summed E-state index contributed by atoms with van der Waals surface area (Å²) in [6.07, 6.45) is 9.97. The molecular weight excluding hydrogens is 432 g/mol. The van der Waals surface area contributed by atoms with Gasteiger partial charge in [-0.3, -0.25) is 9.36 Å². The van der Waals surface area contributed by atoms with E-state index in [1.54, 1.807) is 7.11 Å². The molecule has 6 rings (SSSR count). The standard InChI is InChI=1S/C26H34N4O2S/c1-4-9-30-24(21-7-5-6-8-22(21)32-3)28-29-25(30)33-16-23(31)27-17(2)26-13-18-10-19(14-26)12-20(11-18)15-26/h4-8,17-20H,1,9-16H2,2-3H3,(H,27,31). The minimum absolute atomic E-state index is 0.0789. The van der Waals surface area contributed by atoms with Gasteiger partial charge in [-0.2, -0.15) is 0 Å². The first-order chi connectivity index (χ1) is 16.0. The maximum absolute atomic E-state index is 12.9. The molecule has 4 aliphatic carbocycles. The highest BCUT2D eigenvalue weighted by Gasteiger charge is 2.53. The average molecular weight is 467 g/mol. The number of nitrogens with zero attached hydrogens (tertiary/aromatic N) is 3. The summed E-state index contributed by atoms with van der Waals surface area (Å²) < 4.78 is 7.50. The van der Waals surface area contributed by atoms with E-state index in [0.29, 0.717) is 22.9 Å². The zero-order chi connectivity index (χ0) is 23.0. The number of allylic oxidation sites excluding steroid dienone is 1. The zero-order valence-corrected chi connectivity index (χ0v) is 20.4. The van der Waals surface area contributed by atoms with E-state index in [1.807, 2.05) is 34.9 Å². The van der Waals surface area contributed by atoms with Crippen LogP contribution in [0, 0.1) is 23.2 Å². The first kappa shape index (κ1) is 22.5. The van der Waals surface area contributed by atoms with Gasteiger partial charge in [0.1, 0.15) is 5.75 Å². The van der Waals surface area contributed by atoms with Crippen LogP contribution in [0.1, 0.15) is 45.4 Å². The molecule has 0 saturated heterocycles. The Morgan fingerprint density at radius 2 is 1.91 bits per heavy atom. The Labute approximate surface area is 200 Å². The van der Waals surface area contributed by atoms with Crippen LogP contribution in [-0.2, 0) is 11.3 Å². The third-order valence-electron chi connectivity index (χ3n) is 8.09. The molecule has 4 saturated carbocycles. The lowest BCUT2D eigenvalue weighted by atomic mass is 9.48. The predicted molar refractivity (Wildman–Crippen MR) is 131 cm³/mol. The highest BCUT2D eigenvalue weighted by molar-refractivity contribution is 7.99. The maximum atomic E-state index is 12.9. The van der Waals surface area contributed by atoms with Crippen molar-refractivity contribution in [3.05, 3.63) is 36.9 Å². The van der Waals surface area contributed by atoms with E-state index in [0.717, 1.165) is 34.9 Å². The Morgan fingerprint density at radius 1 is 1.24 bits per heavy atom. The number of benzene rings is 1. The lowest BCUT2D eigenvalue weighted by molar-refractivity contribution is -0.123. The minimum atomic E-state index is 0.0789. The lowest BCUT2D eigenvalue weighted by Gasteiger charge is -2.59. The van der Waals surface area contributed by atoms with Crippen LogP contribution >= 0.6 is 11.8 Å². The van der Waals surface area contributed by atoms with Crippen molar-refractivity contribution in [3.8, 4) is 17.1 Å². The van der Waals surface area contributed by atoms with Crippen LogP contribution in [0.4, 0.5) is 0 Å². The fourth-order valence-electron chi connectivity index (χ4n) is 6.99. The summed E-state index contributed by atoms with van der Waals surface area (Å²) in [6.45, 7) is 6.68. The number of carbonyl (C=O) groups is 1. The summed E-state index contributed by atoms with van der Waals surface area (Å²) in [5.41, 5.74) is 1.19. The molecule has 1 aromatic carbocycles. The molecule has 0 radical (unpaired) electrons. The molecule has 176 valence electrons. The molecule has 4 aliphatic rings. The van der Waals surface area contributed by atoms with Crippen molar-refractivity contribution >= 4 is 17.7 Å². The van der Waals surface area contributed by atoms with Gasteiger partial charge in [-0.1, -0.05) is 30.0 Å². The molecule has 6 nitrogen and oxygen atoms in total. The summed E-state index contributed by atoms with van der Waals surface area (Å²) in [5.74, 6) is 4.53. The smallest absolute Gasteiger partial charge is 0.230 e. The van der Waals surface area contributed by atoms with E-state index in [9.17, 15) is 4.79 Å². The quantitative estimate of drug-likeness (QED) is 0.418. The molecule has 0 aliphatic heterocycles. The molecule has 1 heterocycles. The number of para-hydroxylation sites is 1. The van der Waals surface area contributed by atoms with Crippen molar-refractivity contribution in [1.29, 1.82) is 0 Å². The number of amides is 1. The second kappa shape index (κ2) is 9.16. The van der Waals surface area contributed by atoms with Gasteiger partial charge in [-0.05, 0) is 80.8 Å². The lowest BCUT2D eigenvalue weighted by Crippen LogP contribution is -2.56. The Hall–Kier alpha value is -2.28. The topological polar surface area (TPSA) is 69.0 Å². The highest BCUT2D eigenvalue weighted by Crippen LogP contribution is 2.61. The molecule has 1 unspecified atom stereocenters. The Kier molecular flexibility index (Phi) is 6.25. The van der Waals surface area contributed by atoms with Crippen LogP contribution in [-0.4, -0.2) is 39.6 Å². The van der Waals surface area contributed by atoms with E-state index in [4.69, 9.17) is 4.74 Å². The van der Waals surface area contributed by atoms with Crippen LogP contribution in [0.2, 0.25) is 0 Å². The highest BCUT2D eigenvalue weighted by atomic mass is 32.2. The molecular formula is C26H34N4O2S. The van der Waals surface area contributed by atoms with Crippen molar-refractivity contribution in [2.24, 2.45) is 23.2 Å². The number of ether oxygens (including phenoxy) is 1. The van der Waals surface area contributed by atoms with Gasteiger partial charge in [-0.25, -0.2) is 0 Å². The van der Waals surface area contributed by atoms with Crippen molar-refractivity contribution in [2.45, 2.75) is 63.2 Å². The number of hydrogen-bond donors (Lipinski definition) is 1. The third-order valence-corrected chi connectivity index (χ3v) is 9.06. The van der Waals surface area contributed by atoms with Crippen molar-refractivity contribution < 1.29 is 9.53 Å². The number of hydrogen-bond acceptors (Lipinski definition) is 5. The van der Waals surface area contributed by atoms with E-state index < -0.39 is 0 Å². The van der Waals surface area contributed by atoms with Crippen LogP contribution in [0.15, 0.2) is 42.1 Å². The van der Waals surface area contributed by atoms with Gasteiger partial charge in [0.15, 0.2) is 11.0 Å². The molecule has 1 atom stereocenters. The molecule has 1 aromatic heterocycles. The summed E-state index contributed by atoms with van der Waals surface area (Å²) in [4.78, 5) is 12.9. The van der Waals surface area contributed by atoms with Crippen LogP contribution in [0.5, 0.6) is 5.75 Å². The zero-order valence-electron chi connectivity index (χ0n) is 19.6. The van der Waals surface area contributed by atoms with Gasteiger partial charge >= 0.3 is 0 Å². The van der Waals surface area contributed by atoms with Crippen LogP contribution < -0.4 is 10.1 Å². The fraction of sp³-hybridized carbons (Fsp3) is 0.577. The molecule has 1 amide bonds. The number of methoxy groups -OCH3 is 1. The van der Waals surface area contributed by atoms with Gasteiger partial charge < -0.3 is 10.1 Å². The normalized spacial score (nSPS) is 28.5. The summed E-state index contributed by atoms with van der Waals surface area (Å²) in [7, 11) is 1.65. The van der Waals surface area contributed by atoms with Crippen molar-refractivity contribution in [3.63, 3.8) is 0 Å². The minimum Gasteiger partial charge on any atom is -0.496 e. The van der Waals surface area contributed by atoms with E-state index in [-0.39, 0.29) is 11.9 Å². The Bertz CT molecular complexity index is 998. The van der Waals surface area contributed by atoms with Crippen molar-refractivity contribution in [2.75, 3.05) is 12.9 Å². The summed E-state index contributed by atoms with van der Waals surface area (Å²) >= 11 is 1.43. The second-order valence-corrected chi connectivity index (χ2v) is 11.2. The molecule has 1 N–H and O–H groups in total. The molecule has 4 fully saturated rings. The third kappa shape index (κ3) is 4.32. The number of thioether (sulfide) groups is 1. The predicted octanol–water partition coefficient (Wildman–Crippen LogP) is 4.95. The van der Waals surface area contributed by atoms with Gasteiger partial charge in [-0.15, -0.1) is 16.8 Å². The summed E-state index contributed by atoms with van der Waals surface area (Å²) in [5, 5.41) is 12.9. The molecule has 33 heavy (non-hydrogen) atoms. The van der Waals surface area contributed by atoms with Gasteiger partial charge in [0.25, 0.3) is 0 Å². The fourth-order valence-corrected chi connectivity index (χ4v) is 7.75. The van der Waals surface area contributed by atoms with Gasteiger partial charge in [0.05, 0.1) is 18.4 Å². The number of nitrogens with one attached hydrogen (secondary N) is 1. The SMILES string of the molecule is C=CCn1c(SCC(=O)NC(C)C23CC4CC(CC(C4)C2)C3)nnc1-c1ccccc1OC. The number of carbonyl (C=O) groups excluding carboxylic acids is 1. The molecule has 4 bridgehead atoms. The van der Waals surface area contributed by atoms with E-state index in [2.05, 4.69) is 29.0 Å². The van der Waals surface area contributed by atoms with Crippen molar-refractivity contribution in [1.82, 2.24) is 20.1 Å². The first-order valence-electron chi connectivity index (χ1n) is 12.1. The maximum Gasteiger partial charge on any atom is 0.230 e. The number of rotatable bonds is 9. The van der Waals surface area contributed by atoms with Crippen LogP contribution in [0.25, 0.3) is 11.4 Å². The molecule has 0 spiro atoms. The van der Waals surface area contributed by atoms with Gasteiger partial charge in [0, 0.05) is 12.6 Å². The average Bonchev–Trinajstić information content (AvgIpc) is 3.19. The molecule has 7 heteroatoms. The largest absolute Gasteiger partial charge is 0.496 e. The van der Waals surface area contributed by atoms with Crippen LogP contribution in [0.3, 0.4) is 0 Å². The molecule has 2 aromatic rings. The van der Waals surface area contributed by atoms with E-state index >= 15 is 0 Å². The summed E-state index contributed by atoms with van der Waals surface area (Å²) in [6, 6.07) is 8.00. The van der Waals surface area contributed by atoms with E-state index in [1.165, 1.54) is 50.3 Å². The first-order valence-corrected chi connectivity index (χ1v) is 13.1. The Balaban J connectivity index is 1.25. The second-order valence-electron chi connectivity index (χ2n) is 10.3.